The lowest BCUT2D eigenvalue weighted by Crippen LogP contribution is -2.48. The molecule has 2 aliphatic heterocycles. The highest BCUT2D eigenvalue weighted by Gasteiger charge is 2.42. The normalized spacial score (nSPS) is 18.6. The number of sulfonamides is 1. The molecule has 1 saturated heterocycles. The Morgan fingerprint density at radius 2 is 1.86 bits per heavy atom. The molecule has 156 valence electrons. The van der Waals surface area contributed by atoms with E-state index in [4.69, 9.17) is 19.3 Å². The molecule has 1 aromatic rings. The van der Waals surface area contributed by atoms with Crippen LogP contribution in [0.4, 0.5) is 0 Å². The molecule has 2 aliphatic rings. The van der Waals surface area contributed by atoms with Gasteiger partial charge in [0, 0.05) is 19.5 Å². The average molecular weight is 413 g/mol. The van der Waals surface area contributed by atoms with Gasteiger partial charge in [0.05, 0.1) is 32.2 Å². The summed E-state index contributed by atoms with van der Waals surface area (Å²) in [6.07, 6.45) is 2.63. The van der Waals surface area contributed by atoms with Crippen LogP contribution < -0.4 is 14.6 Å². The zero-order valence-electron chi connectivity index (χ0n) is 16.4. The van der Waals surface area contributed by atoms with Crippen molar-refractivity contribution in [3.8, 4) is 11.5 Å². The molecule has 3 rings (SSSR count). The lowest BCUT2D eigenvalue weighted by atomic mass is 9.79. The minimum Gasteiger partial charge on any atom is -0.493 e. The van der Waals surface area contributed by atoms with E-state index in [1.54, 1.807) is 19.1 Å². The van der Waals surface area contributed by atoms with Crippen LogP contribution in [0.25, 0.3) is 0 Å². The van der Waals surface area contributed by atoms with Crippen molar-refractivity contribution in [2.45, 2.75) is 37.7 Å². The number of methoxy groups -OCH3 is 2. The molecular weight excluding hydrogens is 384 g/mol. The van der Waals surface area contributed by atoms with Crippen LogP contribution >= 0.6 is 0 Å². The van der Waals surface area contributed by atoms with Gasteiger partial charge in [0.25, 0.3) is 0 Å². The topological polar surface area (TPSA) is 108 Å². The summed E-state index contributed by atoms with van der Waals surface area (Å²) in [6.45, 7) is 1.77. The summed E-state index contributed by atoms with van der Waals surface area (Å²) in [5, 5.41) is 4.99. The first-order valence-electron chi connectivity index (χ1n) is 9.45. The monoisotopic (exact) mass is 412 g/mol. The molecule has 0 saturated carbocycles. The van der Waals surface area contributed by atoms with Crippen LogP contribution in [0.15, 0.2) is 12.1 Å². The van der Waals surface area contributed by atoms with E-state index in [2.05, 4.69) is 0 Å². The maximum Gasteiger partial charge on any atom is 0.222 e. The molecule has 0 bridgehead atoms. The van der Waals surface area contributed by atoms with Gasteiger partial charge >= 0.3 is 0 Å². The smallest absolute Gasteiger partial charge is 0.222 e. The molecule has 0 radical (unpaired) electrons. The van der Waals surface area contributed by atoms with E-state index in [0.29, 0.717) is 44.0 Å². The van der Waals surface area contributed by atoms with Crippen molar-refractivity contribution in [2.24, 2.45) is 5.14 Å². The SMILES string of the molecule is COc1cc2c(cc1OC)C1(CCN(C(=O)CCCS(N)(=O)=O)CC1)OCC2. The second kappa shape index (κ2) is 8.26. The largest absolute Gasteiger partial charge is 0.493 e. The van der Waals surface area contributed by atoms with Crippen molar-refractivity contribution >= 4 is 15.9 Å². The highest BCUT2D eigenvalue weighted by atomic mass is 32.2. The van der Waals surface area contributed by atoms with Crippen LogP contribution in [-0.4, -0.2) is 58.9 Å². The van der Waals surface area contributed by atoms with E-state index in [0.717, 1.165) is 12.0 Å². The van der Waals surface area contributed by atoms with Crippen LogP contribution in [0, 0.1) is 0 Å². The highest BCUT2D eigenvalue weighted by molar-refractivity contribution is 7.89. The molecule has 8 nitrogen and oxygen atoms in total. The van der Waals surface area contributed by atoms with E-state index in [1.807, 2.05) is 12.1 Å². The van der Waals surface area contributed by atoms with Crippen molar-refractivity contribution in [1.82, 2.24) is 4.90 Å². The number of ether oxygens (including phenoxy) is 3. The van der Waals surface area contributed by atoms with Crippen LogP contribution in [0.1, 0.15) is 36.8 Å². The minimum atomic E-state index is -3.53. The first kappa shape index (κ1) is 20.9. The lowest BCUT2D eigenvalue weighted by molar-refractivity contribution is -0.140. The quantitative estimate of drug-likeness (QED) is 0.751. The maximum absolute atomic E-state index is 12.4. The van der Waals surface area contributed by atoms with Gasteiger partial charge in [-0.1, -0.05) is 0 Å². The third-order valence-corrected chi connectivity index (χ3v) is 6.45. The third kappa shape index (κ3) is 4.42. The Balaban J connectivity index is 1.70. The van der Waals surface area contributed by atoms with Gasteiger partial charge < -0.3 is 19.1 Å². The number of carbonyl (C=O) groups is 1. The molecular formula is C19H28N2O6S. The van der Waals surface area contributed by atoms with Gasteiger partial charge in [0.2, 0.25) is 15.9 Å². The zero-order valence-corrected chi connectivity index (χ0v) is 17.2. The fourth-order valence-corrected chi connectivity index (χ4v) is 4.65. The molecule has 28 heavy (non-hydrogen) atoms. The molecule has 2 heterocycles. The summed E-state index contributed by atoms with van der Waals surface area (Å²) in [7, 11) is -0.293. The number of likely N-dealkylation sites (tertiary alicyclic amines) is 1. The van der Waals surface area contributed by atoms with E-state index < -0.39 is 15.6 Å². The molecule has 1 spiro atoms. The maximum atomic E-state index is 12.4. The fraction of sp³-hybridized carbons (Fsp3) is 0.632. The third-order valence-electron chi connectivity index (χ3n) is 5.59. The Bertz CT molecular complexity index is 831. The number of primary sulfonamides is 1. The van der Waals surface area contributed by atoms with Gasteiger partial charge in [0.15, 0.2) is 11.5 Å². The van der Waals surface area contributed by atoms with E-state index >= 15 is 0 Å². The van der Waals surface area contributed by atoms with E-state index in [9.17, 15) is 13.2 Å². The molecule has 9 heteroatoms. The molecule has 1 amide bonds. The predicted octanol–water partition coefficient (Wildman–Crippen LogP) is 1.16. The Labute approximate surface area is 166 Å². The predicted molar refractivity (Wildman–Crippen MR) is 104 cm³/mol. The number of hydrogen-bond donors (Lipinski definition) is 1. The summed E-state index contributed by atoms with van der Waals surface area (Å²) in [5.41, 5.74) is 1.87. The van der Waals surface area contributed by atoms with Gasteiger partial charge in [-0.3, -0.25) is 4.79 Å². The fourth-order valence-electron chi connectivity index (χ4n) is 4.10. The van der Waals surface area contributed by atoms with Crippen LogP contribution in [0.3, 0.4) is 0 Å². The highest BCUT2D eigenvalue weighted by Crippen LogP contribution is 2.45. The molecule has 1 fully saturated rings. The summed E-state index contributed by atoms with van der Waals surface area (Å²) in [5.74, 6) is 1.17. The molecule has 0 unspecified atom stereocenters. The van der Waals surface area contributed by atoms with Gasteiger partial charge in [-0.05, 0) is 48.9 Å². The number of benzene rings is 1. The first-order chi connectivity index (χ1) is 13.3. The second-order valence-electron chi connectivity index (χ2n) is 7.31. The van der Waals surface area contributed by atoms with Crippen molar-refractivity contribution in [2.75, 3.05) is 39.7 Å². The summed E-state index contributed by atoms with van der Waals surface area (Å²) in [6, 6.07) is 4.01. The lowest BCUT2D eigenvalue weighted by Gasteiger charge is -2.45. The Morgan fingerprint density at radius 1 is 1.21 bits per heavy atom. The number of fused-ring (bicyclic) bond motifs is 2. The standard InChI is InChI=1S/C19H28N2O6S/c1-25-16-12-14-5-10-27-19(15(14)13-17(16)26-2)6-8-21(9-7-19)18(22)4-3-11-28(20,23)24/h12-13H,3-11H2,1-2H3,(H2,20,23,24). The number of carbonyl (C=O) groups excluding carboxylic acids is 1. The number of piperidine rings is 1. The summed E-state index contributed by atoms with van der Waals surface area (Å²) >= 11 is 0. The van der Waals surface area contributed by atoms with Crippen molar-refractivity contribution in [1.29, 1.82) is 0 Å². The number of hydrogen-bond acceptors (Lipinski definition) is 6. The number of rotatable bonds is 6. The summed E-state index contributed by atoms with van der Waals surface area (Å²) in [4.78, 5) is 14.2. The van der Waals surface area contributed by atoms with Crippen LogP contribution in [0.5, 0.6) is 11.5 Å². The van der Waals surface area contributed by atoms with E-state index in [-0.39, 0.29) is 24.5 Å². The van der Waals surface area contributed by atoms with Crippen LogP contribution in [-0.2, 0) is 31.6 Å². The zero-order chi connectivity index (χ0) is 20.4. The van der Waals surface area contributed by atoms with Crippen molar-refractivity contribution in [3.63, 3.8) is 0 Å². The summed E-state index contributed by atoms with van der Waals surface area (Å²) < 4.78 is 39.2. The van der Waals surface area contributed by atoms with E-state index in [1.165, 1.54) is 5.56 Å². The Morgan fingerprint density at radius 3 is 2.46 bits per heavy atom. The number of amides is 1. The van der Waals surface area contributed by atoms with Gasteiger partial charge in [0.1, 0.15) is 0 Å². The molecule has 2 N–H and O–H groups in total. The molecule has 1 aromatic carbocycles. The van der Waals surface area contributed by atoms with Crippen molar-refractivity contribution < 1.29 is 27.4 Å². The number of nitrogens with two attached hydrogens (primary N) is 1. The molecule has 0 aromatic heterocycles. The average Bonchev–Trinajstić information content (AvgIpc) is 2.67. The first-order valence-corrected chi connectivity index (χ1v) is 11.2. The molecule has 0 aliphatic carbocycles. The van der Waals surface area contributed by atoms with Gasteiger partial charge in [-0.15, -0.1) is 0 Å². The second-order valence-corrected chi connectivity index (χ2v) is 9.04. The van der Waals surface area contributed by atoms with Gasteiger partial charge in [-0.25, -0.2) is 13.6 Å². The Hall–Kier alpha value is -1.84. The van der Waals surface area contributed by atoms with Crippen LogP contribution in [0.2, 0.25) is 0 Å². The van der Waals surface area contributed by atoms with Gasteiger partial charge in [-0.2, -0.15) is 0 Å². The minimum absolute atomic E-state index is 0.0400. The number of nitrogens with zero attached hydrogens (tertiary/aromatic N) is 1. The van der Waals surface area contributed by atoms with Crippen molar-refractivity contribution in [3.05, 3.63) is 23.3 Å². The Kier molecular flexibility index (Phi) is 6.16. The molecule has 0 atom stereocenters.